The highest BCUT2D eigenvalue weighted by molar-refractivity contribution is 7.90. The van der Waals surface area contributed by atoms with E-state index in [-0.39, 0.29) is 5.56 Å². The van der Waals surface area contributed by atoms with Crippen LogP contribution in [0.2, 0.25) is 0 Å². The summed E-state index contributed by atoms with van der Waals surface area (Å²) in [7, 11) is -2.38. The normalized spacial score (nSPS) is 11.5. The van der Waals surface area contributed by atoms with E-state index in [9.17, 15) is 23.3 Å². The number of benzene rings is 3. The predicted molar refractivity (Wildman–Crippen MR) is 114 cm³/mol. The number of rotatable bonds is 5. The third kappa shape index (κ3) is 3.68. The molecule has 1 N–H and O–H groups in total. The second-order valence-corrected chi connectivity index (χ2v) is 8.80. The van der Waals surface area contributed by atoms with E-state index in [2.05, 4.69) is 5.32 Å². The number of methoxy groups -OCH3 is 1. The molecule has 10 heteroatoms. The molecule has 31 heavy (non-hydrogen) atoms. The van der Waals surface area contributed by atoms with Crippen molar-refractivity contribution in [1.29, 1.82) is 0 Å². The number of hydrogen-bond donors (Lipinski definition) is 1. The van der Waals surface area contributed by atoms with Gasteiger partial charge in [-0.1, -0.05) is 18.2 Å². The van der Waals surface area contributed by atoms with Crippen molar-refractivity contribution in [2.75, 3.05) is 18.7 Å². The fraction of sp³-hybridized carbons (Fsp3) is 0.0952. The first-order valence-electron chi connectivity index (χ1n) is 8.98. The topological polar surface area (TPSA) is 129 Å². The zero-order valence-corrected chi connectivity index (χ0v) is 17.2. The van der Waals surface area contributed by atoms with Crippen LogP contribution in [-0.4, -0.2) is 32.6 Å². The van der Waals surface area contributed by atoms with Gasteiger partial charge >= 0.3 is 0 Å². The Balaban J connectivity index is 1.75. The number of carbonyl (C=O) groups is 1. The molecular weight excluding hydrogens is 424 g/mol. The molecule has 0 aliphatic carbocycles. The minimum absolute atomic E-state index is 0.0779. The lowest BCUT2D eigenvalue weighted by molar-refractivity contribution is -0.387. The van der Waals surface area contributed by atoms with Crippen LogP contribution in [0.4, 0.5) is 11.4 Å². The summed E-state index contributed by atoms with van der Waals surface area (Å²) in [5.74, 6) is -0.299. The lowest BCUT2D eigenvalue weighted by Gasteiger charge is -2.11. The molecule has 0 unspecified atom stereocenters. The van der Waals surface area contributed by atoms with Gasteiger partial charge in [-0.25, -0.2) is 8.42 Å². The maximum Gasteiger partial charge on any atom is 0.288 e. The Morgan fingerprint density at radius 3 is 2.48 bits per heavy atom. The van der Waals surface area contributed by atoms with Crippen molar-refractivity contribution in [1.82, 2.24) is 0 Å². The van der Waals surface area contributed by atoms with Crippen LogP contribution >= 0.6 is 0 Å². The van der Waals surface area contributed by atoms with Crippen LogP contribution in [0.5, 0.6) is 5.75 Å². The molecule has 0 bridgehead atoms. The lowest BCUT2D eigenvalue weighted by atomic mass is 10.1. The monoisotopic (exact) mass is 440 g/mol. The van der Waals surface area contributed by atoms with Crippen LogP contribution in [0.15, 0.2) is 63.9 Å². The Labute approximate surface area is 176 Å². The number of hydrogen-bond acceptors (Lipinski definition) is 7. The molecule has 0 aliphatic rings. The molecule has 0 aliphatic heterocycles. The summed E-state index contributed by atoms with van der Waals surface area (Å²) in [5, 5.41) is 15.6. The van der Waals surface area contributed by atoms with Crippen LogP contribution in [-0.2, 0) is 9.84 Å². The van der Waals surface area contributed by atoms with Crippen molar-refractivity contribution >= 4 is 49.1 Å². The molecule has 1 aromatic heterocycles. The number of ether oxygens (including phenoxy) is 1. The first kappa shape index (κ1) is 20.4. The van der Waals surface area contributed by atoms with Gasteiger partial charge in [0.15, 0.2) is 9.84 Å². The van der Waals surface area contributed by atoms with Gasteiger partial charge < -0.3 is 14.5 Å². The number of furan rings is 1. The zero-order chi connectivity index (χ0) is 22.3. The van der Waals surface area contributed by atoms with Crippen molar-refractivity contribution in [2.45, 2.75) is 4.90 Å². The second kappa shape index (κ2) is 7.40. The number of sulfone groups is 1. The van der Waals surface area contributed by atoms with Gasteiger partial charge in [-0.05, 0) is 24.3 Å². The smallest absolute Gasteiger partial charge is 0.288 e. The van der Waals surface area contributed by atoms with Gasteiger partial charge in [0, 0.05) is 34.7 Å². The summed E-state index contributed by atoms with van der Waals surface area (Å²) < 4.78 is 34.8. The highest BCUT2D eigenvalue weighted by Crippen LogP contribution is 2.36. The number of amides is 1. The Hall–Kier alpha value is -3.92. The first-order chi connectivity index (χ1) is 14.7. The van der Waals surface area contributed by atoms with Gasteiger partial charge in [0.2, 0.25) is 0 Å². The fourth-order valence-corrected chi connectivity index (χ4v) is 4.16. The molecule has 4 rings (SSSR count). The van der Waals surface area contributed by atoms with Crippen molar-refractivity contribution < 1.29 is 27.3 Å². The van der Waals surface area contributed by atoms with Crippen LogP contribution in [0.25, 0.3) is 21.9 Å². The molecule has 0 spiro atoms. The van der Waals surface area contributed by atoms with E-state index in [1.165, 1.54) is 13.2 Å². The average Bonchev–Trinajstić information content (AvgIpc) is 3.09. The quantitative estimate of drug-likeness (QED) is 0.364. The van der Waals surface area contributed by atoms with E-state index in [1.54, 1.807) is 12.1 Å². The third-order valence-electron chi connectivity index (χ3n) is 4.76. The molecule has 0 radical (unpaired) electrons. The van der Waals surface area contributed by atoms with E-state index in [4.69, 9.17) is 9.15 Å². The van der Waals surface area contributed by atoms with E-state index in [0.29, 0.717) is 22.6 Å². The number of carbonyl (C=O) groups excluding carboxylic acids is 1. The molecule has 3 aromatic carbocycles. The van der Waals surface area contributed by atoms with Crippen molar-refractivity contribution in [3.8, 4) is 5.75 Å². The zero-order valence-electron chi connectivity index (χ0n) is 16.4. The van der Waals surface area contributed by atoms with Crippen LogP contribution in [0.1, 0.15) is 10.4 Å². The molecule has 0 atom stereocenters. The Kier molecular flexibility index (Phi) is 4.86. The molecule has 1 heterocycles. The Bertz CT molecular complexity index is 1470. The van der Waals surface area contributed by atoms with Gasteiger partial charge in [-0.15, -0.1) is 0 Å². The fourth-order valence-electron chi connectivity index (χ4n) is 3.33. The number of para-hydroxylation sites is 1. The van der Waals surface area contributed by atoms with Gasteiger partial charge in [-0.2, -0.15) is 0 Å². The summed E-state index contributed by atoms with van der Waals surface area (Å²) in [6.07, 6.45) is 0.864. The third-order valence-corrected chi connectivity index (χ3v) is 5.91. The number of anilines is 1. The minimum atomic E-state index is -3.83. The summed E-state index contributed by atoms with van der Waals surface area (Å²) in [6.45, 7) is 0. The van der Waals surface area contributed by atoms with Gasteiger partial charge in [0.1, 0.15) is 21.8 Å². The van der Waals surface area contributed by atoms with Crippen molar-refractivity contribution in [3.05, 3.63) is 70.3 Å². The van der Waals surface area contributed by atoms with E-state index in [0.717, 1.165) is 29.2 Å². The molecule has 0 fully saturated rings. The molecule has 4 aromatic rings. The summed E-state index contributed by atoms with van der Waals surface area (Å²) in [4.78, 5) is 22.8. The number of nitrogens with zero attached hydrogens (tertiary/aromatic N) is 1. The number of nitro benzene ring substituents is 1. The largest absolute Gasteiger partial charge is 0.495 e. The van der Waals surface area contributed by atoms with Crippen molar-refractivity contribution in [2.24, 2.45) is 0 Å². The average molecular weight is 440 g/mol. The maximum absolute atomic E-state index is 12.8. The van der Waals surface area contributed by atoms with Crippen molar-refractivity contribution in [3.63, 3.8) is 0 Å². The SMILES string of the molecule is COc1cc2c(cc1NC(=O)c1ccc(S(C)(=O)=O)c([N+](=O)[O-])c1)oc1ccccc12. The highest BCUT2D eigenvalue weighted by atomic mass is 32.2. The van der Waals surface area contributed by atoms with Gasteiger partial charge in [0.25, 0.3) is 11.6 Å². The summed E-state index contributed by atoms with van der Waals surface area (Å²) >= 11 is 0. The highest BCUT2D eigenvalue weighted by Gasteiger charge is 2.24. The second-order valence-electron chi connectivity index (χ2n) is 6.81. The standard InChI is InChI=1S/C21H16N2O7S/c1-29-19-10-14-13-5-3-4-6-17(13)30-18(14)11-15(19)22-21(24)12-7-8-20(31(2,27)28)16(9-12)23(25)26/h3-11H,1-2H3,(H,22,24). The summed E-state index contributed by atoms with van der Waals surface area (Å²) in [6, 6.07) is 14.0. The maximum atomic E-state index is 12.8. The van der Waals surface area contributed by atoms with Gasteiger partial charge in [0.05, 0.1) is 17.7 Å². The molecule has 0 saturated heterocycles. The number of nitro groups is 1. The number of fused-ring (bicyclic) bond motifs is 3. The summed E-state index contributed by atoms with van der Waals surface area (Å²) in [5.41, 5.74) is 0.750. The molecule has 0 saturated carbocycles. The van der Waals surface area contributed by atoms with E-state index >= 15 is 0 Å². The molecule has 9 nitrogen and oxygen atoms in total. The Morgan fingerprint density at radius 2 is 1.81 bits per heavy atom. The van der Waals surface area contributed by atoms with Gasteiger partial charge in [-0.3, -0.25) is 14.9 Å². The minimum Gasteiger partial charge on any atom is -0.495 e. The van der Waals surface area contributed by atoms with E-state index < -0.39 is 31.3 Å². The van der Waals surface area contributed by atoms with Crippen LogP contribution in [0.3, 0.4) is 0 Å². The number of nitrogens with one attached hydrogen (secondary N) is 1. The lowest BCUT2D eigenvalue weighted by Crippen LogP contribution is -2.14. The predicted octanol–water partition coefficient (Wildman–Crippen LogP) is 4.16. The Morgan fingerprint density at radius 1 is 1.06 bits per heavy atom. The first-order valence-corrected chi connectivity index (χ1v) is 10.9. The molecule has 158 valence electrons. The van der Waals surface area contributed by atoms with Crippen LogP contribution < -0.4 is 10.1 Å². The van der Waals surface area contributed by atoms with E-state index in [1.807, 2.05) is 24.3 Å². The molecule has 1 amide bonds. The molecular formula is C21H16N2O7S. The van der Waals surface area contributed by atoms with Crippen LogP contribution in [0, 0.1) is 10.1 Å².